The first kappa shape index (κ1) is 31.1. The maximum absolute atomic E-state index is 8.69. The fourth-order valence-electron chi connectivity index (χ4n) is 0.785. The van der Waals surface area contributed by atoms with Crippen LogP contribution in [0.25, 0.3) is 0 Å². The molecule has 0 heterocycles. The Morgan fingerprint density at radius 3 is 0.480 bits per heavy atom. The molecule has 0 aliphatic carbocycles. The van der Waals surface area contributed by atoms with Gasteiger partial charge in [-0.1, -0.05) is 0 Å². The average Bonchev–Trinajstić information content (AvgIpc) is 2.45. The van der Waals surface area contributed by atoms with Crippen LogP contribution in [0.4, 0.5) is 0 Å². The Bertz CT molecular complexity index is 382. The van der Waals surface area contributed by atoms with E-state index in [0.29, 0.717) is 17.8 Å². The Kier molecular flexibility index (Phi) is 19.6. The molecule has 0 aromatic heterocycles. The van der Waals surface area contributed by atoms with E-state index in [1.165, 1.54) is 41.5 Å². The summed E-state index contributed by atoms with van der Waals surface area (Å²) < 4.78 is 0. The molecule has 143 valence electrons. The van der Waals surface area contributed by atoms with E-state index in [-0.39, 0.29) is 54.2 Å². The van der Waals surface area contributed by atoms with Gasteiger partial charge in [0, 0.05) is 41.5 Å². The van der Waals surface area contributed by atoms with Gasteiger partial charge < -0.3 is 28.8 Å². The van der Waals surface area contributed by atoms with E-state index >= 15 is 0 Å². The predicted octanol–water partition coefficient (Wildman–Crippen LogP) is 2.13. The zero-order valence-electron chi connectivity index (χ0n) is 16.5. The molecule has 0 bridgehead atoms. The van der Waals surface area contributed by atoms with Crippen molar-refractivity contribution in [1.29, 1.82) is 0 Å². The van der Waals surface area contributed by atoms with Gasteiger partial charge in [-0.15, -0.1) is 17.8 Å². The van der Waals surface area contributed by atoms with Crippen LogP contribution >= 0.6 is 0 Å². The Labute approximate surface area is 163 Å². The smallest absolute Gasteiger partial charge is 0.315 e. The molecule has 0 aliphatic rings. The summed E-state index contributed by atoms with van der Waals surface area (Å²) in [6.45, 7) is 14.2. The number of hydrogen-bond donors (Lipinski definition) is 0. The maximum atomic E-state index is 8.69. The van der Waals surface area contributed by atoms with Gasteiger partial charge in [0.15, 0.2) is 34.7 Å². The van der Waals surface area contributed by atoms with Gasteiger partial charge in [0.2, 0.25) is 0 Å². The maximum Gasteiger partial charge on any atom is 3.00 e. The van der Waals surface area contributed by atoms with Crippen LogP contribution in [0.2, 0.25) is 0 Å². The Hall–Kier alpha value is -1.75. The fourth-order valence-corrected chi connectivity index (χ4v) is 0.785. The molecule has 0 aliphatic heterocycles. The molecule has 0 atom stereocenters. The van der Waals surface area contributed by atoms with Crippen LogP contribution in [-0.4, -0.2) is 63.5 Å². The molecule has 0 aromatic carbocycles. The number of ketones is 6. The number of carbonyl (C=O) groups excluding carboxylic acids is 6. The van der Waals surface area contributed by atoms with Crippen LogP contribution in [0.3, 0.4) is 0 Å². The predicted molar refractivity (Wildman–Crippen MR) is 102 cm³/mol. The van der Waals surface area contributed by atoms with E-state index in [9.17, 15) is 0 Å². The number of rotatable bonds is 6. The fraction of sp³-hybridized carbons (Fsp3) is 0.500. The zero-order valence-corrected chi connectivity index (χ0v) is 18.3. The first-order valence-electron chi connectivity index (χ1n) is 7.34. The molecule has 1 radical (unpaired) electrons. The second-order valence-corrected chi connectivity index (χ2v) is 5.39. The zero-order chi connectivity index (χ0) is 20.2. The minimum absolute atomic E-state index is 0. The molecule has 0 fully saturated rings. The van der Waals surface area contributed by atoms with E-state index < -0.39 is 0 Å². The second kappa shape index (κ2) is 15.8. The van der Waals surface area contributed by atoms with Crippen molar-refractivity contribution >= 4 is 34.7 Å². The van der Waals surface area contributed by atoms with Gasteiger partial charge in [0.05, 0.1) is 0 Å². The Balaban J connectivity index is -0.000000130. The Morgan fingerprint density at radius 2 is 0.480 bits per heavy atom. The summed E-state index contributed by atoms with van der Waals surface area (Å²) in [5.74, 6) is 2.67. The second-order valence-electron chi connectivity index (χ2n) is 5.39. The van der Waals surface area contributed by atoms with Gasteiger partial charge >= 0.3 is 19.5 Å². The van der Waals surface area contributed by atoms with E-state index in [1.54, 1.807) is 20.8 Å². The van der Waals surface area contributed by atoms with Crippen molar-refractivity contribution in [2.24, 2.45) is 0 Å². The molecule has 0 rings (SSSR count). The molecule has 0 aromatic rings. The van der Waals surface area contributed by atoms with Crippen LogP contribution in [0, 0.1) is 17.8 Å². The summed E-state index contributed by atoms with van der Waals surface area (Å²) in [5, 5.41) is 0. The van der Waals surface area contributed by atoms with Gasteiger partial charge in [-0.2, -0.15) is 20.8 Å². The monoisotopic (exact) mass is 447 g/mol. The summed E-state index contributed by atoms with van der Waals surface area (Å²) in [5.41, 5.74) is 0. The molecule has 0 spiro atoms. The van der Waals surface area contributed by atoms with Crippen molar-refractivity contribution < 1.29 is 48.2 Å². The summed E-state index contributed by atoms with van der Waals surface area (Å²) in [4.78, 5) is 52.1. The van der Waals surface area contributed by atoms with Crippen molar-refractivity contribution in [3.8, 4) is 0 Å². The molecular weight excluding hydrogens is 413 g/mol. The van der Waals surface area contributed by atoms with Crippen molar-refractivity contribution in [3.63, 3.8) is 0 Å². The van der Waals surface area contributed by atoms with Crippen LogP contribution in [0.1, 0.15) is 62.3 Å². The van der Waals surface area contributed by atoms with E-state index in [2.05, 4.69) is 0 Å². The molecule has 6 N–H and O–H groups in total. The summed E-state index contributed by atoms with van der Waals surface area (Å²) >= 11 is 0. The quantitative estimate of drug-likeness (QED) is 0.256. The standard InChI is InChI=1S/3C6H9O2.Ru/c3*1-4(5(2)7)6(3)8;/h3*1-3H3;/q3*-1;+3/p+6. The normalized spacial score (nSPS) is 8.04. The van der Waals surface area contributed by atoms with Crippen molar-refractivity contribution in [1.82, 2.24) is 0 Å². The largest absolute Gasteiger partial charge is 3.00 e. The van der Waals surface area contributed by atoms with Crippen LogP contribution in [0.5, 0.6) is 0 Å². The minimum Gasteiger partial charge on any atom is -0.315 e. The first-order chi connectivity index (χ1) is 10.7. The molecule has 0 unspecified atom stereocenters. The SMILES string of the molecule is CC(=[OH+])[C-](C)C(C)=[OH+].CC(=[OH+])[C-](C)C(C)=[OH+].CC(=[OH+])[C-](C)C(C)=[OH+].[Ru+3]. The molecule has 25 heavy (non-hydrogen) atoms. The number of hydrogen-bond acceptors (Lipinski definition) is 0. The topological polar surface area (TPSA) is 128 Å². The summed E-state index contributed by atoms with van der Waals surface area (Å²) in [6, 6.07) is 0. The molecule has 0 amide bonds. The molecule has 0 saturated carbocycles. The van der Waals surface area contributed by atoms with Gasteiger partial charge in [-0.3, -0.25) is 0 Å². The molecule has 6 nitrogen and oxygen atoms in total. The summed E-state index contributed by atoms with van der Waals surface area (Å²) in [6.07, 6.45) is 0. The van der Waals surface area contributed by atoms with Gasteiger partial charge in [-0.05, 0) is 0 Å². The Morgan fingerprint density at radius 1 is 0.400 bits per heavy atom. The molecular formula is C18H33O6Ru+6. The van der Waals surface area contributed by atoms with Gasteiger partial charge in [-0.25, -0.2) is 0 Å². The van der Waals surface area contributed by atoms with Crippen LogP contribution < -0.4 is 0 Å². The van der Waals surface area contributed by atoms with Gasteiger partial charge in [0.25, 0.3) is 0 Å². The minimum atomic E-state index is 0. The van der Waals surface area contributed by atoms with Crippen LogP contribution in [-0.2, 0) is 19.5 Å². The van der Waals surface area contributed by atoms with Crippen molar-refractivity contribution in [2.45, 2.75) is 62.3 Å². The molecule has 0 saturated heterocycles. The first-order valence-corrected chi connectivity index (χ1v) is 7.34. The van der Waals surface area contributed by atoms with Crippen molar-refractivity contribution in [3.05, 3.63) is 17.8 Å². The third-order valence-corrected chi connectivity index (χ3v) is 3.26. The van der Waals surface area contributed by atoms with Crippen molar-refractivity contribution in [2.75, 3.05) is 0 Å². The van der Waals surface area contributed by atoms with Gasteiger partial charge in [0.1, 0.15) is 0 Å². The molecule has 7 heteroatoms. The third kappa shape index (κ3) is 18.4. The third-order valence-electron chi connectivity index (χ3n) is 3.26. The average molecular weight is 447 g/mol. The van der Waals surface area contributed by atoms with E-state index in [0.717, 1.165) is 0 Å². The summed E-state index contributed by atoms with van der Waals surface area (Å²) in [7, 11) is 0. The van der Waals surface area contributed by atoms with E-state index in [4.69, 9.17) is 28.8 Å². The van der Waals surface area contributed by atoms with Crippen LogP contribution in [0.15, 0.2) is 0 Å². The van der Waals surface area contributed by atoms with E-state index in [1.807, 2.05) is 0 Å².